The predicted molar refractivity (Wildman–Crippen MR) is 52.1 cm³/mol. The topological polar surface area (TPSA) is 34.1 Å². The van der Waals surface area contributed by atoms with Crippen molar-refractivity contribution in [2.45, 2.75) is 20.3 Å². The van der Waals surface area contributed by atoms with Crippen LogP contribution in [0, 0.1) is 5.92 Å². The minimum Gasteiger partial charge on any atom is -0.295 e. The molecule has 0 saturated carbocycles. The van der Waals surface area contributed by atoms with Crippen LogP contribution in [0.15, 0.2) is 12.7 Å². The van der Waals surface area contributed by atoms with E-state index in [9.17, 15) is 9.59 Å². The minimum atomic E-state index is -0.00523. The lowest BCUT2D eigenvalue weighted by Gasteiger charge is -2.04. The molecule has 0 fully saturated rings. The Kier molecular flexibility index (Phi) is 5.72. The van der Waals surface area contributed by atoms with E-state index in [0.29, 0.717) is 0 Å². The quantitative estimate of drug-likeness (QED) is 0.616. The Balaban J connectivity index is 3.56. The van der Waals surface area contributed by atoms with Crippen molar-refractivity contribution < 1.29 is 9.59 Å². The average molecular weight is 186 g/mol. The first-order chi connectivity index (χ1) is 5.57. The van der Waals surface area contributed by atoms with Crippen molar-refractivity contribution in [1.82, 2.24) is 0 Å². The van der Waals surface area contributed by atoms with Crippen molar-refractivity contribution in [3.8, 4) is 0 Å². The van der Waals surface area contributed by atoms with Crippen LogP contribution in [0.5, 0.6) is 0 Å². The van der Waals surface area contributed by atoms with Gasteiger partial charge in [0, 0.05) is 18.6 Å². The molecule has 1 unspecified atom stereocenters. The third-order valence-corrected chi connectivity index (χ3v) is 2.39. The number of thioether (sulfide) groups is 1. The molecule has 68 valence electrons. The van der Waals surface area contributed by atoms with Gasteiger partial charge in [0.05, 0.1) is 0 Å². The Hall–Kier alpha value is -0.570. The molecule has 1 atom stereocenters. The molecule has 0 rings (SSSR count). The van der Waals surface area contributed by atoms with Crippen LogP contribution in [0.4, 0.5) is 0 Å². The second-order valence-electron chi connectivity index (χ2n) is 2.64. The van der Waals surface area contributed by atoms with Gasteiger partial charge in [-0.1, -0.05) is 25.3 Å². The summed E-state index contributed by atoms with van der Waals surface area (Å²) >= 11 is 1.26. The molecule has 0 amide bonds. The Labute approximate surface area is 77.4 Å². The zero-order valence-corrected chi connectivity index (χ0v) is 8.32. The maximum absolute atomic E-state index is 11.0. The van der Waals surface area contributed by atoms with Crippen LogP contribution in [0.25, 0.3) is 0 Å². The molecule has 0 saturated heterocycles. The van der Waals surface area contributed by atoms with Crippen LogP contribution in [-0.2, 0) is 9.59 Å². The number of carbonyl (C=O) groups is 2. The number of carbonyl (C=O) groups excluding carboxylic acids is 2. The second-order valence-corrected chi connectivity index (χ2v) is 3.91. The fourth-order valence-corrected chi connectivity index (χ4v) is 1.48. The van der Waals surface area contributed by atoms with Gasteiger partial charge < -0.3 is 0 Å². The lowest BCUT2D eigenvalue weighted by molar-refractivity contribution is -0.117. The van der Waals surface area contributed by atoms with Crippen molar-refractivity contribution in [1.29, 1.82) is 0 Å². The van der Waals surface area contributed by atoms with Crippen molar-refractivity contribution in [2.24, 2.45) is 5.92 Å². The van der Waals surface area contributed by atoms with Gasteiger partial charge >= 0.3 is 0 Å². The Morgan fingerprint density at radius 2 is 2.17 bits per heavy atom. The summed E-state index contributed by atoms with van der Waals surface area (Å²) in [5.41, 5.74) is 0. The highest BCUT2D eigenvalue weighted by molar-refractivity contribution is 8.13. The summed E-state index contributed by atoms with van der Waals surface area (Å²) in [6.07, 6.45) is 2.08. The fraction of sp³-hybridized carbons (Fsp3) is 0.556. The molecular formula is C9H14O2S. The van der Waals surface area contributed by atoms with E-state index in [4.69, 9.17) is 0 Å². The first-order valence-electron chi connectivity index (χ1n) is 3.87. The second kappa shape index (κ2) is 6.00. The molecule has 0 radical (unpaired) electrons. The number of rotatable bonds is 5. The van der Waals surface area contributed by atoms with Crippen LogP contribution < -0.4 is 0 Å². The molecule has 0 aromatic carbocycles. The molecule has 0 heterocycles. The molecule has 0 spiro atoms. The average Bonchev–Trinajstić information content (AvgIpc) is 2.02. The summed E-state index contributed by atoms with van der Waals surface area (Å²) in [6, 6.07) is 0. The number of hydrogen-bond acceptors (Lipinski definition) is 3. The molecule has 0 bridgehead atoms. The van der Waals surface area contributed by atoms with Crippen molar-refractivity contribution in [3.05, 3.63) is 12.7 Å². The molecule has 0 N–H and O–H groups in total. The molecule has 0 aliphatic rings. The summed E-state index contributed by atoms with van der Waals surface area (Å²) in [4.78, 5) is 21.5. The number of allylic oxidation sites excluding steroid dienone is 1. The third kappa shape index (κ3) is 5.13. The van der Waals surface area contributed by atoms with Crippen molar-refractivity contribution in [2.75, 3.05) is 5.75 Å². The molecular weight excluding hydrogens is 172 g/mol. The van der Waals surface area contributed by atoms with Gasteiger partial charge in [-0.3, -0.25) is 9.59 Å². The molecule has 12 heavy (non-hydrogen) atoms. The number of ketones is 1. The van der Waals surface area contributed by atoms with E-state index >= 15 is 0 Å². The van der Waals surface area contributed by atoms with Crippen molar-refractivity contribution >= 4 is 22.7 Å². The van der Waals surface area contributed by atoms with E-state index in [1.807, 2.05) is 6.92 Å². The van der Waals surface area contributed by atoms with Gasteiger partial charge in [0.2, 0.25) is 0 Å². The van der Waals surface area contributed by atoms with Crippen LogP contribution in [-0.4, -0.2) is 16.7 Å². The van der Waals surface area contributed by atoms with Gasteiger partial charge in [-0.15, -0.1) is 0 Å². The molecule has 0 aliphatic carbocycles. The van der Waals surface area contributed by atoms with Gasteiger partial charge in [0.1, 0.15) is 0 Å². The van der Waals surface area contributed by atoms with E-state index in [1.165, 1.54) is 24.8 Å². The third-order valence-electron chi connectivity index (χ3n) is 1.54. The first kappa shape index (κ1) is 11.4. The zero-order valence-electron chi connectivity index (χ0n) is 7.50. The fourth-order valence-electron chi connectivity index (χ4n) is 0.723. The van der Waals surface area contributed by atoms with E-state index in [1.54, 1.807) is 0 Å². The Morgan fingerprint density at radius 3 is 2.58 bits per heavy atom. The van der Waals surface area contributed by atoms with Crippen LogP contribution >= 0.6 is 11.8 Å². The van der Waals surface area contributed by atoms with Crippen LogP contribution in [0.1, 0.15) is 20.3 Å². The van der Waals surface area contributed by atoms with Crippen molar-refractivity contribution in [3.63, 3.8) is 0 Å². The summed E-state index contributed by atoms with van der Waals surface area (Å²) in [5.74, 6) is 0.768. The standard InChI is InChI=1S/C9H14O2S/c1-4-9(11)7(2)5-6-12-8(3)10/h4,7H,1,5-6H2,2-3H3. The molecule has 0 aliphatic heterocycles. The normalized spacial score (nSPS) is 12.2. The van der Waals surface area contributed by atoms with Gasteiger partial charge in [-0.25, -0.2) is 0 Å². The highest BCUT2D eigenvalue weighted by atomic mass is 32.2. The SMILES string of the molecule is C=CC(=O)C(C)CCSC(C)=O. The van der Waals surface area contributed by atoms with Crippen LogP contribution in [0.3, 0.4) is 0 Å². The molecule has 2 nitrogen and oxygen atoms in total. The first-order valence-corrected chi connectivity index (χ1v) is 4.86. The van der Waals surface area contributed by atoms with E-state index < -0.39 is 0 Å². The maximum atomic E-state index is 11.0. The molecule has 0 aromatic heterocycles. The van der Waals surface area contributed by atoms with Gasteiger partial charge in [-0.05, 0) is 12.5 Å². The molecule has 0 aromatic rings. The Bertz CT molecular complexity index is 187. The monoisotopic (exact) mass is 186 g/mol. The van der Waals surface area contributed by atoms with E-state index in [-0.39, 0.29) is 16.8 Å². The van der Waals surface area contributed by atoms with E-state index in [0.717, 1.165) is 12.2 Å². The lowest BCUT2D eigenvalue weighted by Crippen LogP contribution is -2.08. The largest absolute Gasteiger partial charge is 0.295 e. The highest BCUT2D eigenvalue weighted by Gasteiger charge is 2.08. The summed E-state index contributed by atoms with van der Waals surface area (Å²) in [6.45, 7) is 6.79. The minimum absolute atomic E-state index is 0.00523. The summed E-state index contributed by atoms with van der Waals surface area (Å²) in [7, 11) is 0. The Morgan fingerprint density at radius 1 is 1.58 bits per heavy atom. The van der Waals surface area contributed by atoms with Crippen LogP contribution in [0.2, 0.25) is 0 Å². The van der Waals surface area contributed by atoms with Gasteiger partial charge in [0.15, 0.2) is 10.9 Å². The zero-order chi connectivity index (χ0) is 9.56. The van der Waals surface area contributed by atoms with Gasteiger partial charge in [0.25, 0.3) is 0 Å². The maximum Gasteiger partial charge on any atom is 0.185 e. The number of hydrogen-bond donors (Lipinski definition) is 0. The predicted octanol–water partition coefficient (Wildman–Crippen LogP) is 2.05. The highest BCUT2D eigenvalue weighted by Crippen LogP contribution is 2.10. The van der Waals surface area contributed by atoms with E-state index in [2.05, 4.69) is 6.58 Å². The van der Waals surface area contributed by atoms with Gasteiger partial charge in [-0.2, -0.15) is 0 Å². The smallest absolute Gasteiger partial charge is 0.185 e. The lowest BCUT2D eigenvalue weighted by atomic mass is 10.0. The summed E-state index contributed by atoms with van der Waals surface area (Å²) < 4.78 is 0. The molecule has 3 heteroatoms. The summed E-state index contributed by atoms with van der Waals surface area (Å²) in [5, 5.41) is 0.105.